The summed E-state index contributed by atoms with van der Waals surface area (Å²) in [6.45, 7) is 5.37. The van der Waals surface area contributed by atoms with Crippen LogP contribution in [0.1, 0.15) is 19.4 Å². The van der Waals surface area contributed by atoms with E-state index >= 15 is 0 Å². The van der Waals surface area contributed by atoms with E-state index in [1.807, 2.05) is 6.92 Å². The normalized spacial score (nSPS) is 10.8. The third-order valence-electron chi connectivity index (χ3n) is 4.52. The minimum atomic E-state index is -0.472. The quantitative estimate of drug-likeness (QED) is 0.446. The maximum Gasteiger partial charge on any atom is 0.278 e. The first-order valence-electron chi connectivity index (χ1n) is 9.81. The number of thioether (sulfide) groups is 1. The number of amides is 2. The Kier molecular flexibility index (Phi) is 7.66. The fourth-order valence-corrected chi connectivity index (χ4v) is 3.48. The Morgan fingerprint density at radius 1 is 1.06 bits per heavy atom. The molecule has 1 heterocycles. The number of nitrogens with one attached hydrogen (secondary N) is 3. The summed E-state index contributed by atoms with van der Waals surface area (Å²) in [7, 11) is 0. The second-order valence-corrected chi connectivity index (χ2v) is 8.62. The highest BCUT2D eigenvalue weighted by Crippen LogP contribution is 2.25. The SMILES string of the molecule is Cc1c(Cl)cccc1NC(=O)CSc1nnc(-c2ccccc2NC(=O)C(C)C)c(=O)[nH]1. The molecule has 3 rings (SSSR count). The summed E-state index contributed by atoms with van der Waals surface area (Å²) >= 11 is 7.12. The molecule has 0 fully saturated rings. The van der Waals surface area contributed by atoms with E-state index in [2.05, 4.69) is 25.8 Å². The number of carbonyl (C=O) groups is 2. The molecular weight excluding hydrogens is 450 g/mol. The van der Waals surface area contributed by atoms with Gasteiger partial charge in [-0.3, -0.25) is 19.4 Å². The fourth-order valence-electron chi connectivity index (χ4n) is 2.70. The molecule has 0 radical (unpaired) electrons. The minimum absolute atomic E-state index is 0.0248. The molecule has 3 aromatic rings. The lowest BCUT2D eigenvalue weighted by atomic mass is 10.1. The Balaban J connectivity index is 1.71. The summed E-state index contributed by atoms with van der Waals surface area (Å²) < 4.78 is 0. The molecule has 8 nitrogen and oxygen atoms in total. The Morgan fingerprint density at radius 2 is 1.78 bits per heavy atom. The lowest BCUT2D eigenvalue weighted by molar-refractivity contribution is -0.119. The van der Waals surface area contributed by atoms with Crippen molar-refractivity contribution in [2.75, 3.05) is 16.4 Å². The molecule has 0 spiro atoms. The van der Waals surface area contributed by atoms with Crippen LogP contribution in [-0.2, 0) is 9.59 Å². The monoisotopic (exact) mass is 471 g/mol. The first-order valence-corrected chi connectivity index (χ1v) is 11.2. The zero-order valence-corrected chi connectivity index (χ0v) is 19.3. The number of para-hydroxylation sites is 1. The molecule has 0 atom stereocenters. The molecule has 0 unspecified atom stereocenters. The smallest absolute Gasteiger partial charge is 0.278 e. The van der Waals surface area contributed by atoms with Crippen molar-refractivity contribution in [3.63, 3.8) is 0 Å². The Morgan fingerprint density at radius 3 is 2.50 bits per heavy atom. The van der Waals surface area contributed by atoms with Crippen molar-refractivity contribution < 1.29 is 9.59 Å². The van der Waals surface area contributed by atoms with Gasteiger partial charge < -0.3 is 10.6 Å². The number of aromatic nitrogens is 3. The van der Waals surface area contributed by atoms with Gasteiger partial charge in [-0.1, -0.05) is 61.5 Å². The van der Waals surface area contributed by atoms with Gasteiger partial charge in [0.25, 0.3) is 5.56 Å². The zero-order valence-electron chi connectivity index (χ0n) is 17.7. The second-order valence-electron chi connectivity index (χ2n) is 7.25. The molecule has 3 N–H and O–H groups in total. The van der Waals surface area contributed by atoms with Crippen LogP contribution in [0.5, 0.6) is 0 Å². The number of H-pyrrole nitrogens is 1. The first-order chi connectivity index (χ1) is 15.3. The highest BCUT2D eigenvalue weighted by molar-refractivity contribution is 7.99. The Bertz CT molecular complexity index is 1210. The van der Waals surface area contributed by atoms with Crippen LogP contribution in [0.3, 0.4) is 0 Å². The van der Waals surface area contributed by atoms with E-state index in [-0.39, 0.29) is 34.3 Å². The number of benzene rings is 2. The Hall–Kier alpha value is -3.17. The summed E-state index contributed by atoms with van der Waals surface area (Å²) in [5.74, 6) is -0.631. The van der Waals surface area contributed by atoms with Gasteiger partial charge in [-0.2, -0.15) is 0 Å². The van der Waals surface area contributed by atoms with Crippen LogP contribution in [0.4, 0.5) is 11.4 Å². The number of anilines is 2. The van der Waals surface area contributed by atoms with Crippen LogP contribution in [0.2, 0.25) is 5.02 Å². The molecule has 32 heavy (non-hydrogen) atoms. The number of hydrogen-bond donors (Lipinski definition) is 3. The molecule has 10 heteroatoms. The molecule has 1 aromatic heterocycles. The van der Waals surface area contributed by atoms with Crippen LogP contribution in [0.25, 0.3) is 11.3 Å². The van der Waals surface area contributed by atoms with Crippen molar-refractivity contribution in [1.29, 1.82) is 0 Å². The van der Waals surface area contributed by atoms with Gasteiger partial charge in [0.2, 0.25) is 11.8 Å². The van der Waals surface area contributed by atoms with E-state index in [1.165, 1.54) is 0 Å². The highest BCUT2D eigenvalue weighted by Gasteiger charge is 2.16. The summed E-state index contributed by atoms with van der Waals surface area (Å²) in [5.41, 5.74) is 1.93. The van der Waals surface area contributed by atoms with Gasteiger partial charge >= 0.3 is 0 Å². The van der Waals surface area contributed by atoms with Gasteiger partial charge in [-0.25, -0.2) is 0 Å². The molecule has 2 amide bonds. The predicted octanol–water partition coefficient (Wildman–Crippen LogP) is 4.12. The van der Waals surface area contributed by atoms with E-state index in [4.69, 9.17) is 11.6 Å². The van der Waals surface area contributed by atoms with Gasteiger partial charge in [0.05, 0.1) is 11.4 Å². The van der Waals surface area contributed by atoms with Crippen LogP contribution >= 0.6 is 23.4 Å². The van der Waals surface area contributed by atoms with Crippen LogP contribution < -0.4 is 16.2 Å². The van der Waals surface area contributed by atoms with Crippen molar-refractivity contribution in [3.8, 4) is 11.3 Å². The summed E-state index contributed by atoms with van der Waals surface area (Å²) in [6.07, 6.45) is 0. The van der Waals surface area contributed by atoms with Crippen molar-refractivity contribution in [1.82, 2.24) is 15.2 Å². The summed E-state index contributed by atoms with van der Waals surface area (Å²) in [5, 5.41) is 14.4. The van der Waals surface area contributed by atoms with E-state index in [9.17, 15) is 14.4 Å². The molecule has 166 valence electrons. The van der Waals surface area contributed by atoms with Crippen molar-refractivity contribution in [2.45, 2.75) is 25.9 Å². The van der Waals surface area contributed by atoms with Gasteiger partial charge in [0.1, 0.15) is 0 Å². The van der Waals surface area contributed by atoms with Gasteiger partial charge in [-0.15, -0.1) is 10.2 Å². The minimum Gasteiger partial charge on any atom is -0.325 e. The summed E-state index contributed by atoms with van der Waals surface area (Å²) in [4.78, 5) is 39.6. The molecule has 0 aliphatic heterocycles. The zero-order chi connectivity index (χ0) is 23.3. The maximum absolute atomic E-state index is 12.6. The standard InChI is InChI=1S/C22H22ClN5O3S/c1-12(2)20(30)25-17-9-5-4-7-14(17)19-21(31)26-22(28-27-19)32-11-18(29)24-16-10-6-8-15(23)13(16)3/h4-10,12H,11H2,1-3H3,(H,24,29)(H,25,30)(H,26,28,31). The van der Waals surface area contributed by atoms with Gasteiger partial charge in [0, 0.05) is 22.2 Å². The van der Waals surface area contributed by atoms with Crippen molar-refractivity contribution in [3.05, 3.63) is 63.4 Å². The lowest BCUT2D eigenvalue weighted by Crippen LogP contribution is -2.20. The van der Waals surface area contributed by atoms with Gasteiger partial charge in [-0.05, 0) is 30.7 Å². The first kappa shape index (κ1) is 23.5. The van der Waals surface area contributed by atoms with E-state index in [1.54, 1.807) is 56.3 Å². The largest absolute Gasteiger partial charge is 0.325 e. The number of halogens is 1. The maximum atomic E-state index is 12.6. The highest BCUT2D eigenvalue weighted by atomic mass is 35.5. The molecule has 0 saturated carbocycles. The Labute approximate surface area is 194 Å². The number of rotatable bonds is 7. The fraction of sp³-hybridized carbons (Fsp3) is 0.227. The molecule has 0 bridgehead atoms. The van der Waals surface area contributed by atoms with E-state index in [0.717, 1.165) is 17.3 Å². The summed E-state index contributed by atoms with van der Waals surface area (Å²) in [6, 6.07) is 12.1. The third kappa shape index (κ3) is 5.74. The average Bonchev–Trinajstić information content (AvgIpc) is 2.76. The number of nitrogens with zero attached hydrogens (tertiary/aromatic N) is 2. The van der Waals surface area contributed by atoms with E-state index < -0.39 is 5.56 Å². The molecule has 2 aromatic carbocycles. The predicted molar refractivity (Wildman–Crippen MR) is 127 cm³/mol. The topological polar surface area (TPSA) is 117 Å². The molecule has 0 aliphatic carbocycles. The van der Waals surface area contributed by atoms with Crippen LogP contribution in [-0.4, -0.2) is 32.7 Å². The van der Waals surface area contributed by atoms with Crippen molar-refractivity contribution >= 4 is 46.6 Å². The third-order valence-corrected chi connectivity index (χ3v) is 5.80. The second kappa shape index (κ2) is 10.4. The molecule has 0 saturated heterocycles. The van der Waals surface area contributed by atoms with Crippen LogP contribution in [0.15, 0.2) is 52.4 Å². The number of carbonyl (C=O) groups excluding carboxylic acids is 2. The number of hydrogen-bond acceptors (Lipinski definition) is 6. The average molecular weight is 472 g/mol. The van der Waals surface area contributed by atoms with E-state index in [0.29, 0.717) is 22.0 Å². The molecular formula is C22H22ClN5O3S. The molecule has 0 aliphatic rings. The van der Waals surface area contributed by atoms with Crippen LogP contribution in [0, 0.1) is 12.8 Å². The van der Waals surface area contributed by atoms with Gasteiger partial charge in [0.15, 0.2) is 10.9 Å². The lowest BCUT2D eigenvalue weighted by Gasteiger charge is -2.12. The van der Waals surface area contributed by atoms with Crippen molar-refractivity contribution in [2.24, 2.45) is 5.92 Å². The number of aromatic amines is 1.